The van der Waals surface area contributed by atoms with Crippen molar-refractivity contribution in [3.8, 4) is 0 Å². The maximum absolute atomic E-state index is 12.1. The zero-order chi connectivity index (χ0) is 17.5. The van der Waals surface area contributed by atoms with Gasteiger partial charge in [-0.3, -0.25) is 4.79 Å². The molecule has 136 valence electrons. The molecule has 3 atom stereocenters. The fraction of sp³-hybridized carbons (Fsp3) is 0.765. The van der Waals surface area contributed by atoms with Crippen LogP contribution in [0.5, 0.6) is 0 Å². The molecule has 0 radical (unpaired) electrons. The van der Waals surface area contributed by atoms with Crippen LogP contribution in [-0.4, -0.2) is 66.9 Å². The Labute approximate surface area is 143 Å². The lowest BCUT2D eigenvalue weighted by atomic mass is 9.96. The van der Waals surface area contributed by atoms with Gasteiger partial charge in [-0.05, 0) is 12.8 Å². The van der Waals surface area contributed by atoms with E-state index in [9.17, 15) is 14.7 Å². The minimum Gasteiger partial charge on any atom is -0.394 e. The third kappa shape index (κ3) is 5.49. The number of hydrogen-bond donors (Lipinski definition) is 3. The van der Waals surface area contributed by atoms with Crippen LogP contribution in [0.2, 0.25) is 0 Å². The largest absolute Gasteiger partial charge is 0.394 e. The molecule has 1 heterocycles. The zero-order valence-electron chi connectivity index (χ0n) is 14.5. The lowest BCUT2D eigenvalue weighted by Gasteiger charge is -2.32. The van der Waals surface area contributed by atoms with Crippen LogP contribution in [0.1, 0.15) is 38.5 Å². The van der Waals surface area contributed by atoms with Gasteiger partial charge in [0.15, 0.2) is 0 Å². The Morgan fingerprint density at radius 1 is 1.17 bits per heavy atom. The summed E-state index contributed by atoms with van der Waals surface area (Å²) >= 11 is 0. The number of amides is 3. The third-order valence-electron chi connectivity index (χ3n) is 4.58. The van der Waals surface area contributed by atoms with Crippen LogP contribution in [0.4, 0.5) is 4.79 Å². The summed E-state index contributed by atoms with van der Waals surface area (Å²) in [4.78, 5) is 25.4. The zero-order valence-corrected chi connectivity index (χ0v) is 14.5. The molecule has 3 N–H and O–H groups in total. The molecular weight excluding hydrogens is 310 g/mol. The van der Waals surface area contributed by atoms with Gasteiger partial charge >= 0.3 is 6.03 Å². The van der Waals surface area contributed by atoms with Gasteiger partial charge in [0, 0.05) is 20.1 Å². The van der Waals surface area contributed by atoms with Crippen LogP contribution in [0, 0.1) is 0 Å². The van der Waals surface area contributed by atoms with E-state index in [0.29, 0.717) is 0 Å². The number of ether oxygens (including phenoxy) is 1. The highest BCUT2D eigenvalue weighted by atomic mass is 16.5. The molecule has 0 saturated heterocycles. The Morgan fingerprint density at radius 2 is 1.88 bits per heavy atom. The standard InChI is InChI=1S/C17H29N3O4/c1-20(2)16(22)10-13-8-9-14(15(11-21)24-13)19-17(23)18-12-6-4-3-5-7-12/h8-9,12-15,21H,3-7,10-11H2,1-2H3,(H2,18,19,23)/t13-,14-,15-/m0/s1. The molecule has 0 spiro atoms. The van der Waals surface area contributed by atoms with Crippen molar-refractivity contribution >= 4 is 11.9 Å². The van der Waals surface area contributed by atoms with E-state index in [4.69, 9.17) is 4.74 Å². The van der Waals surface area contributed by atoms with E-state index in [0.717, 1.165) is 25.7 Å². The number of urea groups is 1. The molecule has 3 amide bonds. The van der Waals surface area contributed by atoms with Crippen LogP contribution >= 0.6 is 0 Å². The van der Waals surface area contributed by atoms with E-state index in [1.807, 2.05) is 0 Å². The maximum Gasteiger partial charge on any atom is 0.315 e. The number of nitrogens with zero attached hydrogens (tertiary/aromatic N) is 1. The average molecular weight is 339 g/mol. The summed E-state index contributed by atoms with van der Waals surface area (Å²) < 4.78 is 5.73. The number of carbonyl (C=O) groups is 2. The molecule has 2 rings (SSSR count). The molecule has 0 aromatic heterocycles. The SMILES string of the molecule is CN(C)C(=O)C[C@@H]1C=C[C@H](NC(=O)NC2CCCCC2)[C@H](CO)O1. The Balaban J connectivity index is 1.85. The second-order valence-corrected chi connectivity index (χ2v) is 6.75. The number of hydrogen-bond acceptors (Lipinski definition) is 4. The average Bonchev–Trinajstić information content (AvgIpc) is 2.56. The first-order valence-corrected chi connectivity index (χ1v) is 8.71. The van der Waals surface area contributed by atoms with Crippen molar-refractivity contribution in [3.05, 3.63) is 12.2 Å². The molecule has 7 heteroatoms. The van der Waals surface area contributed by atoms with E-state index >= 15 is 0 Å². The van der Waals surface area contributed by atoms with E-state index in [2.05, 4.69) is 10.6 Å². The van der Waals surface area contributed by atoms with Gasteiger partial charge in [-0.25, -0.2) is 4.79 Å². The van der Waals surface area contributed by atoms with E-state index in [1.165, 1.54) is 11.3 Å². The number of nitrogens with one attached hydrogen (secondary N) is 2. The summed E-state index contributed by atoms with van der Waals surface area (Å²) in [5.74, 6) is -0.0391. The minimum absolute atomic E-state index is 0.0391. The number of aliphatic hydroxyl groups excluding tert-OH is 1. The van der Waals surface area contributed by atoms with Gasteiger partial charge in [-0.2, -0.15) is 0 Å². The van der Waals surface area contributed by atoms with E-state index in [1.54, 1.807) is 26.2 Å². The monoisotopic (exact) mass is 339 g/mol. The van der Waals surface area contributed by atoms with Gasteiger partial charge < -0.3 is 25.4 Å². The summed E-state index contributed by atoms with van der Waals surface area (Å²) in [6.45, 7) is -0.217. The fourth-order valence-corrected chi connectivity index (χ4v) is 3.12. The second-order valence-electron chi connectivity index (χ2n) is 6.75. The summed E-state index contributed by atoms with van der Waals surface area (Å²) in [5, 5.41) is 15.4. The highest BCUT2D eigenvalue weighted by Crippen LogP contribution is 2.18. The van der Waals surface area contributed by atoms with Gasteiger partial charge in [0.1, 0.15) is 6.10 Å². The number of carbonyl (C=O) groups excluding carboxylic acids is 2. The lowest BCUT2D eigenvalue weighted by molar-refractivity contribution is -0.132. The molecule has 7 nitrogen and oxygen atoms in total. The van der Waals surface area contributed by atoms with Gasteiger partial charge in [-0.15, -0.1) is 0 Å². The smallest absolute Gasteiger partial charge is 0.315 e. The first-order chi connectivity index (χ1) is 11.5. The van der Waals surface area contributed by atoms with Gasteiger partial charge in [-0.1, -0.05) is 31.4 Å². The highest BCUT2D eigenvalue weighted by Gasteiger charge is 2.29. The summed E-state index contributed by atoms with van der Waals surface area (Å²) in [7, 11) is 3.39. The second kappa shape index (κ2) is 9.03. The maximum atomic E-state index is 12.1. The summed E-state index contributed by atoms with van der Waals surface area (Å²) in [6.07, 6.45) is 8.45. The molecule has 1 fully saturated rings. The minimum atomic E-state index is -0.549. The van der Waals surface area contributed by atoms with Crippen LogP contribution in [0.25, 0.3) is 0 Å². The van der Waals surface area contributed by atoms with Crippen molar-refractivity contribution in [2.45, 2.75) is 62.8 Å². The Morgan fingerprint density at radius 3 is 2.50 bits per heavy atom. The van der Waals surface area contributed by atoms with Crippen molar-refractivity contribution in [1.29, 1.82) is 0 Å². The van der Waals surface area contributed by atoms with Crippen molar-refractivity contribution in [3.63, 3.8) is 0 Å². The highest BCUT2D eigenvalue weighted by molar-refractivity contribution is 5.76. The van der Waals surface area contributed by atoms with Crippen LogP contribution in [-0.2, 0) is 9.53 Å². The molecule has 24 heavy (non-hydrogen) atoms. The molecule has 0 bridgehead atoms. The Hall–Kier alpha value is -1.60. The lowest BCUT2D eigenvalue weighted by Crippen LogP contribution is -2.53. The number of rotatable bonds is 5. The van der Waals surface area contributed by atoms with Crippen LogP contribution in [0.15, 0.2) is 12.2 Å². The summed E-state index contributed by atoms with van der Waals surface area (Å²) in [6, 6.07) is -0.406. The molecular formula is C17H29N3O4. The molecule has 2 aliphatic rings. The molecule has 0 aromatic carbocycles. The van der Waals surface area contributed by atoms with Gasteiger partial charge in [0.2, 0.25) is 5.91 Å². The molecule has 0 aromatic rings. The molecule has 0 unspecified atom stereocenters. The predicted octanol–water partition coefficient (Wildman–Crippen LogP) is 0.781. The summed E-state index contributed by atoms with van der Waals surface area (Å²) in [5.41, 5.74) is 0. The predicted molar refractivity (Wildman–Crippen MR) is 90.5 cm³/mol. The quantitative estimate of drug-likeness (QED) is 0.646. The van der Waals surface area contributed by atoms with E-state index < -0.39 is 12.1 Å². The fourth-order valence-electron chi connectivity index (χ4n) is 3.12. The van der Waals surface area contributed by atoms with Crippen molar-refractivity contribution in [2.24, 2.45) is 0 Å². The van der Waals surface area contributed by atoms with Gasteiger partial charge in [0.25, 0.3) is 0 Å². The first kappa shape index (κ1) is 18.7. The van der Waals surface area contributed by atoms with Crippen LogP contribution < -0.4 is 10.6 Å². The van der Waals surface area contributed by atoms with E-state index in [-0.39, 0.29) is 37.1 Å². The normalized spacial score (nSPS) is 27.5. The van der Waals surface area contributed by atoms with Crippen molar-refractivity contribution < 1.29 is 19.4 Å². The van der Waals surface area contributed by atoms with Crippen LogP contribution in [0.3, 0.4) is 0 Å². The molecule has 1 aliphatic heterocycles. The van der Waals surface area contributed by atoms with Gasteiger partial charge in [0.05, 0.1) is 25.2 Å². The molecule has 1 saturated carbocycles. The first-order valence-electron chi connectivity index (χ1n) is 8.71. The number of aliphatic hydroxyl groups is 1. The van der Waals surface area contributed by atoms with Crippen molar-refractivity contribution in [1.82, 2.24) is 15.5 Å². The topological polar surface area (TPSA) is 90.9 Å². The molecule has 1 aliphatic carbocycles. The third-order valence-corrected chi connectivity index (χ3v) is 4.58. The Kier molecular flexibility index (Phi) is 7.05. The van der Waals surface area contributed by atoms with Crippen molar-refractivity contribution in [2.75, 3.05) is 20.7 Å². The Bertz CT molecular complexity index is 461.